The molecular formula is C12H11N4+. The van der Waals surface area contributed by atoms with Crippen LogP contribution in [0, 0.1) is 5.39 Å². The molecule has 0 fully saturated rings. The predicted octanol–water partition coefficient (Wildman–Crippen LogP) is 3.33. The van der Waals surface area contributed by atoms with Crippen molar-refractivity contribution in [1.29, 1.82) is 5.39 Å². The fraction of sp³-hybridized carbons (Fsp3) is 0.0833. The van der Waals surface area contributed by atoms with Gasteiger partial charge in [0.15, 0.2) is 4.98 Å². The van der Waals surface area contributed by atoms with E-state index in [9.17, 15) is 0 Å². The van der Waals surface area contributed by atoms with E-state index >= 15 is 0 Å². The van der Waals surface area contributed by atoms with Gasteiger partial charge in [0.1, 0.15) is 12.0 Å². The molecule has 2 rings (SSSR count). The van der Waals surface area contributed by atoms with Crippen molar-refractivity contribution >= 4 is 17.2 Å². The van der Waals surface area contributed by atoms with E-state index in [-0.39, 0.29) is 0 Å². The molecule has 0 spiro atoms. The van der Waals surface area contributed by atoms with Gasteiger partial charge in [-0.2, -0.15) is 0 Å². The first-order valence-corrected chi connectivity index (χ1v) is 4.91. The van der Waals surface area contributed by atoms with E-state index in [1.807, 2.05) is 48.3 Å². The van der Waals surface area contributed by atoms with E-state index in [0.29, 0.717) is 5.69 Å². The minimum Gasteiger partial charge on any atom is -0.329 e. The smallest absolute Gasteiger partial charge is 0.329 e. The average Bonchev–Trinajstić information content (AvgIpc) is 2.39. The first-order chi connectivity index (χ1) is 7.81. The van der Waals surface area contributed by atoms with Crippen molar-refractivity contribution in [3.8, 4) is 0 Å². The molecule has 0 saturated carbocycles. The molecule has 1 aromatic heterocycles. The molecule has 0 unspecified atom stereocenters. The molecule has 16 heavy (non-hydrogen) atoms. The summed E-state index contributed by atoms with van der Waals surface area (Å²) in [6, 6.07) is 13.5. The Kier molecular flexibility index (Phi) is 2.79. The third-order valence-electron chi connectivity index (χ3n) is 2.33. The van der Waals surface area contributed by atoms with Crippen LogP contribution in [0.4, 0.5) is 17.2 Å². The number of anilines is 2. The number of rotatable bonds is 2. The Morgan fingerprint density at radius 1 is 1.12 bits per heavy atom. The molecule has 1 heterocycles. The van der Waals surface area contributed by atoms with Crippen LogP contribution in [0.25, 0.3) is 4.98 Å². The lowest BCUT2D eigenvalue weighted by molar-refractivity contribution is 1.13. The van der Waals surface area contributed by atoms with Crippen molar-refractivity contribution in [2.75, 3.05) is 11.9 Å². The Morgan fingerprint density at radius 3 is 2.44 bits per heavy atom. The summed E-state index contributed by atoms with van der Waals surface area (Å²) < 4.78 is 0. The minimum atomic E-state index is 0.449. The number of para-hydroxylation sites is 1. The third kappa shape index (κ3) is 1.98. The van der Waals surface area contributed by atoms with Gasteiger partial charge in [-0.1, -0.05) is 18.2 Å². The molecule has 0 atom stereocenters. The lowest BCUT2D eigenvalue weighted by atomic mass is 10.3. The summed E-state index contributed by atoms with van der Waals surface area (Å²) in [5.41, 5.74) is 1.51. The Hall–Kier alpha value is -2.41. The van der Waals surface area contributed by atoms with Gasteiger partial charge >= 0.3 is 5.69 Å². The van der Waals surface area contributed by atoms with E-state index < -0.39 is 0 Å². The molecular weight excluding hydrogens is 200 g/mol. The second kappa shape index (κ2) is 4.41. The maximum absolute atomic E-state index is 8.56. The SMILES string of the molecule is CN(c1ccccc1)c1ccc([N+]#N)cn1. The Labute approximate surface area is 93.8 Å². The van der Waals surface area contributed by atoms with Gasteiger partial charge < -0.3 is 4.90 Å². The molecule has 0 aliphatic rings. The molecule has 0 N–H and O–H groups in total. The van der Waals surface area contributed by atoms with E-state index in [2.05, 4.69) is 9.96 Å². The van der Waals surface area contributed by atoms with Gasteiger partial charge in [0, 0.05) is 18.8 Å². The van der Waals surface area contributed by atoms with Crippen LogP contribution in [0.1, 0.15) is 0 Å². The van der Waals surface area contributed by atoms with Gasteiger partial charge in [-0.15, -0.1) is 0 Å². The molecule has 0 aliphatic carbocycles. The van der Waals surface area contributed by atoms with Crippen LogP contribution in [-0.2, 0) is 0 Å². The molecule has 2 aromatic rings. The maximum Gasteiger partial charge on any atom is 0.403 e. The van der Waals surface area contributed by atoms with E-state index in [1.165, 1.54) is 6.20 Å². The zero-order valence-corrected chi connectivity index (χ0v) is 8.91. The average molecular weight is 211 g/mol. The summed E-state index contributed by atoms with van der Waals surface area (Å²) >= 11 is 0. The highest BCUT2D eigenvalue weighted by molar-refractivity contribution is 5.60. The van der Waals surface area contributed by atoms with Crippen LogP contribution in [-0.4, -0.2) is 12.0 Å². The van der Waals surface area contributed by atoms with Gasteiger partial charge in [0.25, 0.3) is 0 Å². The predicted molar refractivity (Wildman–Crippen MR) is 63.5 cm³/mol. The first-order valence-electron chi connectivity index (χ1n) is 4.91. The van der Waals surface area contributed by atoms with Gasteiger partial charge in [-0.3, -0.25) is 0 Å². The molecule has 0 aliphatic heterocycles. The second-order valence-electron chi connectivity index (χ2n) is 3.37. The quantitative estimate of drug-likeness (QED) is 0.715. The summed E-state index contributed by atoms with van der Waals surface area (Å²) in [4.78, 5) is 9.22. The van der Waals surface area contributed by atoms with Crippen molar-refractivity contribution in [1.82, 2.24) is 4.98 Å². The molecule has 4 nitrogen and oxygen atoms in total. The summed E-state index contributed by atoms with van der Waals surface area (Å²) in [7, 11) is 1.94. The molecule has 4 heteroatoms. The van der Waals surface area contributed by atoms with Crippen LogP contribution < -0.4 is 4.90 Å². The van der Waals surface area contributed by atoms with Crippen LogP contribution in [0.3, 0.4) is 0 Å². The lowest BCUT2D eigenvalue weighted by Gasteiger charge is -2.17. The lowest BCUT2D eigenvalue weighted by Crippen LogP contribution is -2.10. The third-order valence-corrected chi connectivity index (χ3v) is 2.33. The zero-order chi connectivity index (χ0) is 11.4. The summed E-state index contributed by atoms with van der Waals surface area (Å²) in [6.07, 6.45) is 1.52. The number of pyridine rings is 1. The van der Waals surface area contributed by atoms with E-state index in [4.69, 9.17) is 5.39 Å². The minimum absolute atomic E-state index is 0.449. The maximum atomic E-state index is 8.56. The summed E-state index contributed by atoms with van der Waals surface area (Å²) in [5.74, 6) is 0.804. The zero-order valence-electron chi connectivity index (χ0n) is 8.91. The molecule has 1 aromatic carbocycles. The fourth-order valence-electron chi connectivity index (χ4n) is 1.42. The number of benzene rings is 1. The summed E-state index contributed by atoms with van der Waals surface area (Å²) in [6.45, 7) is 0. The van der Waals surface area contributed by atoms with E-state index in [1.54, 1.807) is 6.07 Å². The standard InChI is InChI=1S/C12H11N4/c1-16(11-5-3-2-4-6-11)12-8-7-10(15-13)9-14-12/h2-9H,1H3/q+1. The Morgan fingerprint density at radius 2 is 1.88 bits per heavy atom. The normalized spacial score (nSPS) is 9.50. The number of hydrogen-bond acceptors (Lipinski definition) is 3. The highest BCUT2D eigenvalue weighted by Crippen LogP contribution is 2.22. The molecule has 0 saturated heterocycles. The van der Waals surface area contributed by atoms with Gasteiger partial charge in [0.2, 0.25) is 5.39 Å². The van der Waals surface area contributed by atoms with Crippen molar-refractivity contribution in [3.05, 3.63) is 53.6 Å². The number of diazo groups is 1. The van der Waals surface area contributed by atoms with Crippen molar-refractivity contribution in [3.63, 3.8) is 0 Å². The van der Waals surface area contributed by atoms with Gasteiger partial charge in [0.05, 0.1) is 0 Å². The highest BCUT2D eigenvalue weighted by Gasteiger charge is 2.08. The Balaban J connectivity index is 2.28. The number of nitrogens with zero attached hydrogens (tertiary/aromatic N) is 4. The van der Waals surface area contributed by atoms with Crippen LogP contribution in [0.5, 0.6) is 0 Å². The van der Waals surface area contributed by atoms with E-state index in [0.717, 1.165) is 11.5 Å². The Bertz CT molecular complexity index is 499. The molecule has 0 bridgehead atoms. The topological polar surface area (TPSA) is 44.3 Å². The number of aromatic nitrogens is 1. The number of hydrogen-bond donors (Lipinski definition) is 0. The molecule has 0 radical (unpaired) electrons. The van der Waals surface area contributed by atoms with Crippen molar-refractivity contribution < 1.29 is 0 Å². The van der Waals surface area contributed by atoms with Crippen LogP contribution >= 0.6 is 0 Å². The second-order valence-corrected chi connectivity index (χ2v) is 3.37. The fourth-order valence-corrected chi connectivity index (χ4v) is 1.42. The summed E-state index contributed by atoms with van der Waals surface area (Å²) in [5, 5.41) is 8.56. The van der Waals surface area contributed by atoms with Crippen LogP contribution in [0.15, 0.2) is 48.7 Å². The molecule has 78 valence electrons. The molecule has 0 amide bonds. The van der Waals surface area contributed by atoms with Gasteiger partial charge in [-0.25, -0.2) is 4.98 Å². The highest BCUT2D eigenvalue weighted by atomic mass is 15.2. The van der Waals surface area contributed by atoms with Crippen LogP contribution in [0.2, 0.25) is 0 Å². The first kappa shape index (κ1) is 10.1. The van der Waals surface area contributed by atoms with Crippen molar-refractivity contribution in [2.45, 2.75) is 0 Å². The van der Waals surface area contributed by atoms with Crippen molar-refractivity contribution in [2.24, 2.45) is 0 Å². The van der Waals surface area contributed by atoms with Gasteiger partial charge in [-0.05, 0) is 18.2 Å². The monoisotopic (exact) mass is 211 g/mol. The largest absolute Gasteiger partial charge is 0.403 e.